The maximum Gasteiger partial charge on any atom is 0.490 e. The van der Waals surface area contributed by atoms with Crippen molar-refractivity contribution >= 4 is 38.7 Å². The van der Waals surface area contributed by atoms with E-state index in [2.05, 4.69) is 41.1 Å². The fraction of sp³-hybridized carbons (Fsp3) is 0.360. The van der Waals surface area contributed by atoms with Crippen LogP contribution in [0.2, 0.25) is 5.02 Å². The fourth-order valence-corrected chi connectivity index (χ4v) is 6.41. The predicted octanol–water partition coefficient (Wildman–Crippen LogP) is 6.01. The van der Waals surface area contributed by atoms with Crippen LogP contribution in [0.3, 0.4) is 0 Å². The largest absolute Gasteiger partial charge is 0.490 e. The molecule has 2 aromatic carbocycles. The molecule has 1 fully saturated rings. The Balaban J connectivity index is 0.000000505. The van der Waals surface area contributed by atoms with Gasteiger partial charge in [-0.2, -0.15) is 13.2 Å². The molecule has 38 heavy (non-hydrogen) atoms. The first-order valence-corrected chi connectivity index (χ1v) is 14.4. The molecule has 0 unspecified atom stereocenters. The minimum Gasteiger partial charge on any atom is -0.489 e. The molecule has 13 heteroatoms. The van der Waals surface area contributed by atoms with Crippen LogP contribution in [0.25, 0.3) is 0 Å². The Morgan fingerprint density at radius 2 is 1.84 bits per heavy atom. The Labute approximate surface area is 227 Å². The highest BCUT2D eigenvalue weighted by molar-refractivity contribution is 7.90. The number of hydrogen-bond acceptors (Lipinski definition) is 7. The quantitative estimate of drug-likeness (QED) is 0.360. The molecule has 2 heterocycles. The van der Waals surface area contributed by atoms with Crippen LogP contribution in [0, 0.1) is 0 Å². The third-order valence-electron chi connectivity index (χ3n) is 5.90. The van der Waals surface area contributed by atoms with Gasteiger partial charge in [-0.25, -0.2) is 18.2 Å². The van der Waals surface area contributed by atoms with E-state index in [1.54, 1.807) is 23.7 Å². The number of thiazole rings is 1. The zero-order chi connectivity index (χ0) is 27.9. The van der Waals surface area contributed by atoms with E-state index < -0.39 is 22.0 Å². The summed E-state index contributed by atoms with van der Waals surface area (Å²) in [7, 11) is -3.50. The van der Waals surface area contributed by atoms with Gasteiger partial charge in [-0.05, 0) is 43.5 Å². The number of carbonyl (C=O) groups is 1. The van der Waals surface area contributed by atoms with Crippen LogP contribution in [0.15, 0.2) is 65.0 Å². The van der Waals surface area contributed by atoms with Crippen LogP contribution in [0.5, 0.6) is 5.75 Å². The van der Waals surface area contributed by atoms with Gasteiger partial charge in [0.05, 0.1) is 9.92 Å². The zero-order valence-electron chi connectivity index (χ0n) is 20.3. The summed E-state index contributed by atoms with van der Waals surface area (Å²) in [5.41, 5.74) is 1.32. The Bertz CT molecular complexity index is 1300. The van der Waals surface area contributed by atoms with Crippen molar-refractivity contribution in [2.45, 2.75) is 48.7 Å². The highest BCUT2D eigenvalue weighted by Gasteiger charge is 2.38. The number of benzene rings is 2. The molecule has 0 spiro atoms. The SMILES string of the molecule is C[C@H](c1ccccc1)N1CCC(Oc2ccc(S(=O)(=O)Cc3nccs3)cc2Cl)CC1.O=C(O)C(F)(F)F. The number of aliphatic carboxylic acids is 1. The number of likely N-dealkylation sites (tertiary alicyclic amines) is 1. The predicted molar refractivity (Wildman–Crippen MR) is 138 cm³/mol. The van der Waals surface area contributed by atoms with Gasteiger partial charge in [-0.3, -0.25) is 4.90 Å². The van der Waals surface area contributed by atoms with Gasteiger partial charge in [0.1, 0.15) is 22.6 Å². The Morgan fingerprint density at radius 3 is 2.37 bits per heavy atom. The van der Waals surface area contributed by atoms with Crippen LogP contribution < -0.4 is 4.74 Å². The number of alkyl halides is 3. The summed E-state index contributed by atoms with van der Waals surface area (Å²) in [5, 5.41) is 9.77. The van der Waals surface area contributed by atoms with Gasteiger partial charge < -0.3 is 9.84 Å². The number of piperidine rings is 1. The van der Waals surface area contributed by atoms with E-state index in [-0.39, 0.29) is 16.8 Å². The van der Waals surface area contributed by atoms with E-state index in [9.17, 15) is 21.6 Å². The first kappa shape index (κ1) is 29.9. The van der Waals surface area contributed by atoms with E-state index in [0.717, 1.165) is 25.9 Å². The van der Waals surface area contributed by atoms with Crippen LogP contribution in [-0.2, 0) is 20.4 Å². The molecule has 1 aliphatic rings. The van der Waals surface area contributed by atoms with E-state index >= 15 is 0 Å². The Kier molecular flexibility index (Phi) is 10.2. The highest BCUT2D eigenvalue weighted by Crippen LogP contribution is 2.32. The monoisotopic (exact) mass is 590 g/mol. The molecule has 1 saturated heterocycles. The van der Waals surface area contributed by atoms with Gasteiger partial charge in [-0.15, -0.1) is 11.3 Å². The highest BCUT2D eigenvalue weighted by atomic mass is 35.5. The van der Waals surface area contributed by atoms with Crippen molar-refractivity contribution < 1.29 is 36.2 Å². The molecule has 7 nitrogen and oxygen atoms in total. The molecule has 1 aromatic heterocycles. The molecule has 206 valence electrons. The van der Waals surface area contributed by atoms with Crippen LogP contribution in [-0.4, -0.2) is 54.7 Å². The van der Waals surface area contributed by atoms with Gasteiger partial charge in [0, 0.05) is 30.7 Å². The number of sulfone groups is 1. The summed E-state index contributed by atoms with van der Waals surface area (Å²) in [6.07, 6.45) is -1.62. The number of carboxylic acids is 1. The van der Waals surface area contributed by atoms with Gasteiger partial charge in [-0.1, -0.05) is 41.9 Å². The first-order valence-electron chi connectivity index (χ1n) is 11.5. The average Bonchev–Trinajstić information content (AvgIpc) is 3.38. The van der Waals surface area contributed by atoms with Crippen molar-refractivity contribution in [1.82, 2.24) is 9.88 Å². The summed E-state index contributed by atoms with van der Waals surface area (Å²) >= 11 is 7.71. The normalized spacial score (nSPS) is 15.8. The van der Waals surface area contributed by atoms with Crippen molar-refractivity contribution in [3.63, 3.8) is 0 Å². The number of nitrogens with zero attached hydrogens (tertiary/aromatic N) is 2. The molecule has 0 aliphatic carbocycles. The molecule has 0 radical (unpaired) electrons. The molecule has 1 atom stereocenters. The maximum absolute atomic E-state index is 12.6. The third kappa shape index (κ3) is 8.42. The van der Waals surface area contributed by atoms with Crippen LogP contribution >= 0.6 is 22.9 Å². The molecule has 4 rings (SSSR count). The van der Waals surface area contributed by atoms with E-state index in [1.165, 1.54) is 23.0 Å². The Morgan fingerprint density at radius 1 is 1.21 bits per heavy atom. The molecular formula is C25H26ClF3N2O5S2. The summed E-state index contributed by atoms with van der Waals surface area (Å²) in [4.78, 5) is 15.6. The summed E-state index contributed by atoms with van der Waals surface area (Å²) in [6, 6.07) is 15.6. The molecule has 1 aliphatic heterocycles. The topological polar surface area (TPSA) is 96.8 Å². The number of halogens is 4. The minimum atomic E-state index is -5.08. The molecule has 0 amide bonds. The maximum atomic E-state index is 12.6. The second-order valence-electron chi connectivity index (χ2n) is 8.52. The van der Waals surface area contributed by atoms with E-state index in [1.807, 2.05) is 6.07 Å². The van der Waals surface area contributed by atoms with Gasteiger partial charge in [0.2, 0.25) is 0 Å². The standard InChI is InChI=1S/C23H25ClN2O3S2.C2HF3O2/c1-17(18-5-3-2-4-6-18)26-12-9-19(10-13-26)29-22-8-7-20(15-21(22)24)31(27,28)16-23-25-11-14-30-23;3-2(4,5)1(6)7/h2-8,11,14-15,17,19H,9-10,12-13,16H2,1H3;(H,6,7)/t17-;/m1./s1. The number of aromatic nitrogens is 1. The first-order chi connectivity index (χ1) is 17.9. The second-order valence-corrected chi connectivity index (χ2v) is 11.9. The van der Waals surface area contributed by atoms with Crippen molar-refractivity contribution in [2.75, 3.05) is 13.1 Å². The lowest BCUT2D eigenvalue weighted by molar-refractivity contribution is -0.192. The van der Waals surface area contributed by atoms with Crippen LogP contribution in [0.1, 0.15) is 36.4 Å². The summed E-state index contributed by atoms with van der Waals surface area (Å²) < 4.78 is 63.1. The lowest BCUT2D eigenvalue weighted by Gasteiger charge is -2.36. The molecule has 0 saturated carbocycles. The lowest BCUT2D eigenvalue weighted by Crippen LogP contribution is -2.39. The Hall–Kier alpha value is -2.67. The van der Waals surface area contributed by atoms with Crippen molar-refractivity contribution in [3.05, 3.63) is 75.7 Å². The third-order valence-corrected chi connectivity index (χ3v) is 8.79. The van der Waals surface area contributed by atoms with Gasteiger partial charge in [0.25, 0.3) is 0 Å². The average molecular weight is 591 g/mol. The van der Waals surface area contributed by atoms with E-state index in [4.69, 9.17) is 26.2 Å². The summed E-state index contributed by atoms with van der Waals surface area (Å²) in [6.45, 7) is 4.12. The number of ether oxygens (including phenoxy) is 1. The van der Waals surface area contributed by atoms with Crippen molar-refractivity contribution in [3.8, 4) is 5.75 Å². The number of carboxylic acid groups (broad SMARTS) is 1. The minimum absolute atomic E-state index is 0.0644. The number of rotatable bonds is 7. The van der Waals surface area contributed by atoms with Gasteiger partial charge >= 0.3 is 12.1 Å². The van der Waals surface area contributed by atoms with Crippen molar-refractivity contribution in [2.24, 2.45) is 0 Å². The second kappa shape index (κ2) is 12.9. The number of hydrogen-bond donors (Lipinski definition) is 1. The zero-order valence-corrected chi connectivity index (χ0v) is 22.7. The summed E-state index contributed by atoms with van der Waals surface area (Å²) in [5.74, 6) is -2.35. The smallest absolute Gasteiger partial charge is 0.489 e. The lowest BCUT2D eigenvalue weighted by atomic mass is 10.0. The van der Waals surface area contributed by atoms with Crippen LogP contribution in [0.4, 0.5) is 13.2 Å². The molecule has 0 bridgehead atoms. The molecular weight excluding hydrogens is 565 g/mol. The fourth-order valence-electron chi connectivity index (χ4n) is 3.84. The molecule has 3 aromatic rings. The molecule has 1 N–H and O–H groups in total. The van der Waals surface area contributed by atoms with Crippen molar-refractivity contribution in [1.29, 1.82) is 0 Å². The van der Waals surface area contributed by atoms with Gasteiger partial charge in [0.15, 0.2) is 9.84 Å². The van der Waals surface area contributed by atoms with E-state index in [0.29, 0.717) is 21.8 Å².